The van der Waals surface area contributed by atoms with Gasteiger partial charge >= 0.3 is 0 Å². The summed E-state index contributed by atoms with van der Waals surface area (Å²) in [6.45, 7) is -0.0375. The Morgan fingerprint density at radius 2 is 2.50 bits per heavy atom. The Morgan fingerprint density at radius 3 is 3.19 bits per heavy atom. The molecule has 0 N–H and O–H groups in total. The number of hydrogen-bond donors (Lipinski definition) is 0. The Balaban J connectivity index is 2.01. The summed E-state index contributed by atoms with van der Waals surface area (Å²) in [7, 11) is 0. The smallest absolute Gasteiger partial charge is 0.225 e. The minimum absolute atomic E-state index is 0.0516. The Kier molecular flexibility index (Phi) is 1.84. The maximum Gasteiger partial charge on any atom is 0.225 e. The van der Waals surface area contributed by atoms with E-state index in [2.05, 4.69) is 9.97 Å². The maximum absolute atomic E-state index is 7.77. The normalized spacial score (nSPS) is 34.4. The molecule has 2 aliphatic rings. The van der Waals surface area contributed by atoms with Crippen LogP contribution in [0.2, 0.25) is 10.4 Å². The van der Waals surface area contributed by atoms with Gasteiger partial charge in [-0.3, -0.25) is 0 Å². The van der Waals surface area contributed by atoms with Crippen LogP contribution in [0.25, 0.3) is 0 Å². The van der Waals surface area contributed by atoms with Gasteiger partial charge in [-0.1, -0.05) is 11.6 Å². The molecule has 0 radical (unpaired) electrons. The van der Waals surface area contributed by atoms with E-state index in [1.807, 2.05) is 4.90 Å². The van der Waals surface area contributed by atoms with Gasteiger partial charge in [-0.2, -0.15) is 0 Å². The third-order valence-electron chi connectivity index (χ3n) is 3.00. The Bertz CT molecular complexity index is 470. The van der Waals surface area contributed by atoms with Gasteiger partial charge in [-0.05, 0) is 18.5 Å². The van der Waals surface area contributed by atoms with Gasteiger partial charge in [0.25, 0.3) is 0 Å². The molecule has 2 bridgehead atoms. The predicted octanol–water partition coefficient (Wildman–Crippen LogP) is 2.15. The van der Waals surface area contributed by atoms with E-state index in [1.165, 1.54) is 0 Å². The molecule has 16 heavy (non-hydrogen) atoms. The summed E-state index contributed by atoms with van der Waals surface area (Å²) < 4.78 is 21.1. The second kappa shape index (κ2) is 3.45. The minimum atomic E-state index is -1.02. The van der Waals surface area contributed by atoms with Crippen molar-refractivity contribution in [1.29, 1.82) is 0 Å². The van der Waals surface area contributed by atoms with Gasteiger partial charge in [-0.15, -0.1) is 0 Å². The highest BCUT2D eigenvalue weighted by molar-refractivity contribution is 6.32. The Labute approximate surface area is 106 Å². The summed E-state index contributed by atoms with van der Waals surface area (Å²) in [5, 5.41) is 0.332. The molecule has 2 fully saturated rings. The van der Waals surface area contributed by atoms with Gasteiger partial charge in [0.2, 0.25) is 5.28 Å². The quantitative estimate of drug-likeness (QED) is 0.574. The lowest BCUT2D eigenvalue weighted by molar-refractivity contribution is 0.0868. The van der Waals surface area contributed by atoms with Gasteiger partial charge in [-0.25, -0.2) is 9.97 Å². The molecule has 0 aliphatic carbocycles. The molecule has 0 spiro atoms. The summed E-state index contributed by atoms with van der Waals surface area (Å²) >= 11 is 11.7. The second-order valence-electron chi connectivity index (χ2n) is 4.17. The van der Waals surface area contributed by atoms with Crippen LogP contribution in [0, 0.1) is 0 Å². The molecule has 2 saturated heterocycles. The van der Waals surface area contributed by atoms with Crippen molar-refractivity contribution in [2.75, 3.05) is 18.1 Å². The second-order valence-corrected chi connectivity index (χ2v) is 4.89. The van der Waals surface area contributed by atoms with Crippen LogP contribution in [0.5, 0.6) is 0 Å². The number of hydrogen-bond acceptors (Lipinski definition) is 4. The fourth-order valence-electron chi connectivity index (χ4n) is 2.30. The average molecular weight is 262 g/mol. The summed E-state index contributed by atoms with van der Waals surface area (Å²) in [6.07, 6.45) is 0.722. The van der Waals surface area contributed by atoms with Crippen LogP contribution in [0.4, 0.5) is 5.82 Å². The topological polar surface area (TPSA) is 38.2 Å². The number of anilines is 1. The number of rotatable bonds is 1. The fraction of sp³-hybridized carbons (Fsp3) is 0.600. The van der Waals surface area contributed by atoms with Gasteiger partial charge in [0.05, 0.1) is 18.2 Å². The maximum atomic E-state index is 7.77. The van der Waals surface area contributed by atoms with E-state index in [4.69, 9.17) is 30.7 Å². The van der Waals surface area contributed by atoms with E-state index >= 15 is 0 Å². The first-order valence-corrected chi connectivity index (χ1v) is 5.71. The van der Waals surface area contributed by atoms with Crippen molar-refractivity contribution in [2.45, 2.75) is 24.9 Å². The minimum Gasteiger partial charge on any atom is -0.374 e. The van der Waals surface area contributed by atoms with Crippen LogP contribution < -0.4 is 4.90 Å². The lowest BCUT2D eigenvalue weighted by Crippen LogP contribution is -2.46. The molecule has 1 aromatic heterocycles. The van der Waals surface area contributed by atoms with Crippen molar-refractivity contribution in [3.63, 3.8) is 0 Å². The number of ether oxygens (including phenoxy) is 1. The third kappa shape index (κ3) is 1.56. The van der Waals surface area contributed by atoms with Crippen molar-refractivity contribution < 1.29 is 7.48 Å². The molecule has 4 nitrogen and oxygen atoms in total. The summed E-state index contributed by atoms with van der Waals surface area (Å²) in [4.78, 5) is 9.85. The predicted molar refractivity (Wildman–Crippen MR) is 62.2 cm³/mol. The third-order valence-corrected chi connectivity index (χ3v) is 3.37. The molecule has 3 rings (SSSR count). The Morgan fingerprint density at radius 1 is 1.62 bits per heavy atom. The number of halogens is 2. The van der Waals surface area contributed by atoms with E-state index in [0.29, 0.717) is 25.4 Å². The standard InChI is InChI=1S/C10H11Cl2N3O/c1-10-3-6(16-5-10)4-15(10)8-2-7(11)13-9(12)14-8/h2,6H,3-5H2,1H3/t6-,10+/m0/s1/i1D2. The number of nitrogens with zero attached hydrogens (tertiary/aromatic N) is 3. The molecule has 0 saturated carbocycles. The lowest BCUT2D eigenvalue weighted by atomic mass is 10.0. The first kappa shape index (κ1) is 8.50. The van der Waals surface area contributed by atoms with Crippen LogP contribution in [0.15, 0.2) is 6.07 Å². The zero-order valence-corrected chi connectivity index (χ0v) is 9.87. The molecule has 2 aliphatic heterocycles. The number of aromatic nitrogens is 2. The first-order valence-electron chi connectivity index (χ1n) is 6.10. The molecule has 86 valence electrons. The van der Waals surface area contributed by atoms with E-state index in [0.717, 1.165) is 0 Å². The Hall–Kier alpha value is -0.580. The number of fused-ring (bicyclic) bond motifs is 2. The van der Waals surface area contributed by atoms with Crippen LogP contribution in [0.1, 0.15) is 16.0 Å². The van der Waals surface area contributed by atoms with Gasteiger partial charge in [0, 0.05) is 21.8 Å². The summed E-state index contributed by atoms with van der Waals surface area (Å²) in [6, 6.07) is 1.61. The van der Waals surface area contributed by atoms with Crippen molar-refractivity contribution in [1.82, 2.24) is 9.97 Å². The molecule has 6 heteroatoms. The van der Waals surface area contributed by atoms with Gasteiger partial charge < -0.3 is 9.64 Å². The van der Waals surface area contributed by atoms with E-state index < -0.39 is 12.4 Å². The zero-order chi connectivity index (χ0) is 12.9. The molecule has 2 atom stereocenters. The number of morpholine rings is 1. The molecule has 1 aromatic rings. The summed E-state index contributed by atoms with van der Waals surface area (Å²) in [5.74, 6) is 0.565. The van der Waals surface area contributed by atoms with Crippen LogP contribution in [-0.4, -0.2) is 34.8 Å². The molecular formula is C10H11Cl2N3O. The highest BCUT2D eigenvalue weighted by Crippen LogP contribution is 2.40. The van der Waals surface area contributed by atoms with E-state index in [-0.39, 0.29) is 16.5 Å². The highest BCUT2D eigenvalue weighted by atomic mass is 35.5. The van der Waals surface area contributed by atoms with E-state index in [9.17, 15) is 0 Å². The average Bonchev–Trinajstić information content (AvgIpc) is 2.86. The van der Waals surface area contributed by atoms with Crippen molar-refractivity contribution in [3.8, 4) is 0 Å². The monoisotopic (exact) mass is 261 g/mol. The van der Waals surface area contributed by atoms with Crippen LogP contribution in [0.3, 0.4) is 0 Å². The summed E-state index contributed by atoms with van der Waals surface area (Å²) in [5.41, 5.74) is -0.647. The highest BCUT2D eigenvalue weighted by Gasteiger charge is 2.49. The van der Waals surface area contributed by atoms with Gasteiger partial charge in [0.15, 0.2) is 0 Å². The van der Waals surface area contributed by atoms with Crippen LogP contribution >= 0.6 is 23.2 Å². The fourth-order valence-corrected chi connectivity index (χ4v) is 2.70. The molecule has 0 amide bonds. The molecule has 3 heterocycles. The van der Waals surface area contributed by atoms with Crippen molar-refractivity contribution >= 4 is 29.0 Å². The van der Waals surface area contributed by atoms with Crippen LogP contribution in [-0.2, 0) is 4.74 Å². The largest absolute Gasteiger partial charge is 0.374 e. The zero-order valence-electron chi connectivity index (χ0n) is 10.4. The van der Waals surface area contributed by atoms with Gasteiger partial charge in [0.1, 0.15) is 11.0 Å². The van der Waals surface area contributed by atoms with Crippen molar-refractivity contribution in [2.24, 2.45) is 0 Å². The molecule has 0 aromatic carbocycles. The van der Waals surface area contributed by atoms with Crippen molar-refractivity contribution in [3.05, 3.63) is 16.5 Å². The SMILES string of the molecule is [2H]C([2H])[C@@]12CO[C@H](CN1c1cc(Cl)nc(Cl)n1)C2. The molecular weight excluding hydrogens is 249 g/mol. The molecule has 0 unspecified atom stereocenters. The lowest BCUT2D eigenvalue weighted by Gasteiger charge is -2.36. The van der Waals surface area contributed by atoms with E-state index in [1.54, 1.807) is 6.07 Å². The first-order chi connectivity index (χ1) is 8.51.